The van der Waals surface area contributed by atoms with E-state index in [-0.39, 0.29) is 35.1 Å². The number of nitriles is 2. The highest BCUT2D eigenvalue weighted by Gasteiger charge is 2.37. The van der Waals surface area contributed by atoms with E-state index in [9.17, 15) is 15.3 Å². The summed E-state index contributed by atoms with van der Waals surface area (Å²) in [7, 11) is 0. The summed E-state index contributed by atoms with van der Waals surface area (Å²) in [6.45, 7) is 5.76. The van der Waals surface area contributed by atoms with E-state index in [1.165, 1.54) is 11.8 Å². The fourth-order valence-electron chi connectivity index (χ4n) is 3.66. The van der Waals surface area contributed by atoms with Crippen molar-refractivity contribution in [1.82, 2.24) is 4.98 Å². The third kappa shape index (κ3) is 5.20. The molecule has 1 aromatic carbocycles. The average molecular weight is 495 g/mol. The van der Waals surface area contributed by atoms with Crippen LogP contribution in [0.4, 0.5) is 0 Å². The minimum absolute atomic E-state index is 0.0854. The zero-order valence-electron chi connectivity index (χ0n) is 19.0. The number of aryl methyl sites for hydroxylation is 2. The van der Waals surface area contributed by atoms with Gasteiger partial charge in [-0.05, 0) is 49.6 Å². The number of ether oxygens (including phenoxy) is 2. The summed E-state index contributed by atoms with van der Waals surface area (Å²) in [4.78, 5) is 17.7. The lowest BCUT2D eigenvalue weighted by molar-refractivity contribution is -0.139. The van der Waals surface area contributed by atoms with Crippen molar-refractivity contribution < 1.29 is 14.3 Å². The largest absolute Gasteiger partial charge is 0.463 e. The maximum absolute atomic E-state index is 13.1. The van der Waals surface area contributed by atoms with Crippen LogP contribution in [0.2, 0.25) is 5.02 Å². The fraction of sp³-hybridized carbons (Fsp3) is 0.280. The molecule has 2 aromatic rings. The molecular weight excluding hydrogens is 472 g/mol. The molecule has 0 amide bonds. The smallest absolute Gasteiger partial charge is 0.338 e. The van der Waals surface area contributed by atoms with E-state index in [1.807, 2.05) is 13.8 Å². The van der Waals surface area contributed by atoms with Gasteiger partial charge in [0.1, 0.15) is 28.5 Å². The Morgan fingerprint density at radius 2 is 1.97 bits per heavy atom. The number of hydrogen-bond donors (Lipinski definition) is 1. The van der Waals surface area contributed by atoms with Crippen LogP contribution in [0.25, 0.3) is 0 Å². The molecule has 0 saturated carbocycles. The number of nitrogens with two attached hydrogens (primary N) is 1. The molecule has 2 N–H and O–H groups in total. The Bertz CT molecular complexity index is 1260. The number of benzene rings is 1. The zero-order valence-corrected chi connectivity index (χ0v) is 20.6. The summed E-state index contributed by atoms with van der Waals surface area (Å²) in [5, 5.41) is 20.4. The fourth-order valence-corrected chi connectivity index (χ4v) is 4.70. The van der Waals surface area contributed by atoms with Gasteiger partial charge in [0.25, 0.3) is 0 Å². The average Bonchev–Trinajstić information content (AvgIpc) is 2.83. The molecule has 0 spiro atoms. The van der Waals surface area contributed by atoms with E-state index >= 15 is 0 Å². The van der Waals surface area contributed by atoms with Gasteiger partial charge in [-0.3, -0.25) is 0 Å². The summed E-state index contributed by atoms with van der Waals surface area (Å²) in [5.41, 5.74) is 9.32. The quantitative estimate of drug-likeness (QED) is 0.426. The van der Waals surface area contributed by atoms with Crippen LogP contribution in [-0.2, 0) is 20.7 Å². The number of carbonyl (C=O) groups is 1. The maximum Gasteiger partial charge on any atom is 0.338 e. The minimum atomic E-state index is -0.779. The number of carbonyl (C=O) groups excluding carboxylic acids is 1. The molecule has 2 heterocycles. The standard InChI is InChI=1S/C25H23ClN4O3S/c1-4-19-14(3)10-16(11-27)24(30-19)34-13-20-22(25(31)32-5-2)21(18(12-28)23(29)33-20)15-6-8-17(26)9-7-15/h6-10,21H,4-5,13,29H2,1-3H3/t21-/m0/s1. The first kappa shape index (κ1) is 25.2. The second-order valence-electron chi connectivity index (χ2n) is 7.39. The van der Waals surface area contributed by atoms with Gasteiger partial charge in [0, 0.05) is 10.7 Å². The first-order valence-corrected chi connectivity index (χ1v) is 12.0. The Hall–Kier alpha value is -3.46. The van der Waals surface area contributed by atoms with Crippen LogP contribution in [0.5, 0.6) is 0 Å². The third-order valence-electron chi connectivity index (χ3n) is 5.27. The van der Waals surface area contributed by atoms with Crippen molar-refractivity contribution in [3.8, 4) is 12.1 Å². The number of allylic oxidation sites excluding steroid dienone is 1. The van der Waals surface area contributed by atoms with E-state index in [0.29, 0.717) is 21.2 Å². The highest BCUT2D eigenvalue weighted by Crippen LogP contribution is 2.41. The van der Waals surface area contributed by atoms with Gasteiger partial charge in [-0.15, -0.1) is 0 Å². The normalized spacial score (nSPS) is 15.4. The summed E-state index contributed by atoms with van der Waals surface area (Å²) < 4.78 is 11.1. The molecular formula is C25H23ClN4O3S. The molecule has 174 valence electrons. The van der Waals surface area contributed by atoms with Gasteiger partial charge in [0.05, 0.1) is 29.4 Å². The van der Waals surface area contributed by atoms with Crippen molar-refractivity contribution in [1.29, 1.82) is 10.5 Å². The van der Waals surface area contributed by atoms with Crippen molar-refractivity contribution in [3.63, 3.8) is 0 Å². The van der Waals surface area contributed by atoms with Crippen molar-refractivity contribution in [2.24, 2.45) is 5.73 Å². The van der Waals surface area contributed by atoms with Gasteiger partial charge >= 0.3 is 5.97 Å². The molecule has 7 nitrogen and oxygen atoms in total. The Morgan fingerprint density at radius 3 is 2.56 bits per heavy atom. The third-order valence-corrected chi connectivity index (χ3v) is 6.52. The maximum atomic E-state index is 13.1. The number of pyridine rings is 1. The van der Waals surface area contributed by atoms with Gasteiger partial charge in [0.2, 0.25) is 5.88 Å². The second-order valence-corrected chi connectivity index (χ2v) is 8.79. The molecule has 1 atom stereocenters. The van der Waals surface area contributed by atoms with Gasteiger partial charge in [-0.25, -0.2) is 9.78 Å². The number of thioether (sulfide) groups is 1. The summed E-state index contributed by atoms with van der Waals surface area (Å²) in [6, 6.07) is 12.9. The van der Waals surface area contributed by atoms with E-state index in [0.717, 1.165) is 17.7 Å². The molecule has 0 saturated heterocycles. The number of nitrogens with zero attached hydrogens (tertiary/aromatic N) is 3. The summed E-state index contributed by atoms with van der Waals surface area (Å²) in [5.74, 6) is -1.06. The van der Waals surface area contributed by atoms with Crippen LogP contribution < -0.4 is 5.73 Å². The van der Waals surface area contributed by atoms with Crippen LogP contribution in [0, 0.1) is 29.6 Å². The lowest BCUT2D eigenvalue weighted by Gasteiger charge is -2.28. The van der Waals surface area contributed by atoms with Gasteiger partial charge in [-0.1, -0.05) is 42.4 Å². The van der Waals surface area contributed by atoms with Crippen LogP contribution >= 0.6 is 23.4 Å². The number of aromatic nitrogens is 1. The summed E-state index contributed by atoms with van der Waals surface area (Å²) in [6.07, 6.45) is 0.720. The molecule has 3 rings (SSSR count). The van der Waals surface area contributed by atoms with E-state index in [4.69, 9.17) is 26.8 Å². The van der Waals surface area contributed by atoms with Crippen molar-refractivity contribution in [2.45, 2.75) is 38.1 Å². The van der Waals surface area contributed by atoms with Gasteiger partial charge in [0.15, 0.2) is 0 Å². The predicted molar refractivity (Wildman–Crippen MR) is 130 cm³/mol. The lowest BCUT2D eigenvalue weighted by atomic mass is 9.83. The Balaban J connectivity index is 2.10. The van der Waals surface area contributed by atoms with Crippen molar-refractivity contribution in [3.05, 3.63) is 80.5 Å². The predicted octanol–water partition coefficient (Wildman–Crippen LogP) is 4.89. The monoisotopic (exact) mass is 494 g/mol. The van der Waals surface area contributed by atoms with Crippen LogP contribution in [-0.4, -0.2) is 23.3 Å². The van der Waals surface area contributed by atoms with E-state index in [2.05, 4.69) is 17.1 Å². The van der Waals surface area contributed by atoms with Gasteiger partial charge in [-0.2, -0.15) is 10.5 Å². The number of rotatable bonds is 7. The number of esters is 1. The molecule has 0 fully saturated rings. The van der Waals surface area contributed by atoms with Crippen LogP contribution in [0.15, 0.2) is 58.1 Å². The Labute approximate surface area is 207 Å². The summed E-state index contributed by atoms with van der Waals surface area (Å²) >= 11 is 7.30. The number of halogens is 1. The molecule has 1 aliphatic heterocycles. The number of hydrogen-bond acceptors (Lipinski definition) is 8. The first-order valence-electron chi connectivity index (χ1n) is 10.6. The molecule has 0 aliphatic carbocycles. The topological polar surface area (TPSA) is 122 Å². The first-order chi connectivity index (χ1) is 16.3. The SMILES string of the molecule is CCOC(=O)C1=C(CSc2nc(CC)c(C)cc2C#N)OC(N)=C(C#N)[C@@H]1c1ccc(Cl)cc1. The van der Waals surface area contributed by atoms with E-state index in [1.54, 1.807) is 37.3 Å². The van der Waals surface area contributed by atoms with Crippen LogP contribution in [0.1, 0.15) is 42.1 Å². The second kappa shape index (κ2) is 11.1. The molecule has 0 radical (unpaired) electrons. The molecule has 1 aliphatic rings. The van der Waals surface area contributed by atoms with Crippen molar-refractivity contribution in [2.75, 3.05) is 12.4 Å². The van der Waals surface area contributed by atoms with Crippen LogP contribution in [0.3, 0.4) is 0 Å². The molecule has 9 heteroatoms. The highest BCUT2D eigenvalue weighted by molar-refractivity contribution is 7.99. The Morgan fingerprint density at radius 1 is 1.26 bits per heavy atom. The highest BCUT2D eigenvalue weighted by atomic mass is 35.5. The van der Waals surface area contributed by atoms with Crippen molar-refractivity contribution >= 4 is 29.3 Å². The minimum Gasteiger partial charge on any atom is -0.463 e. The molecule has 34 heavy (non-hydrogen) atoms. The van der Waals surface area contributed by atoms with Gasteiger partial charge < -0.3 is 15.2 Å². The molecule has 1 aromatic heterocycles. The Kier molecular flexibility index (Phi) is 8.22. The lowest BCUT2D eigenvalue weighted by Crippen LogP contribution is -2.27. The zero-order chi connectivity index (χ0) is 24.8. The molecule has 0 bridgehead atoms. The molecule has 0 unspecified atom stereocenters. The van der Waals surface area contributed by atoms with E-state index < -0.39 is 11.9 Å².